The van der Waals surface area contributed by atoms with Gasteiger partial charge in [-0.2, -0.15) is 5.10 Å². The molecule has 1 heterocycles. The maximum absolute atomic E-state index is 4.38. The molecule has 0 aliphatic heterocycles. The van der Waals surface area contributed by atoms with Crippen LogP contribution in [0.25, 0.3) is 0 Å². The van der Waals surface area contributed by atoms with Crippen LogP contribution in [-0.4, -0.2) is 22.9 Å². The first-order valence-electron chi connectivity index (χ1n) is 5.43. The Bertz CT molecular complexity index is 316. The first-order valence-corrected chi connectivity index (χ1v) is 5.43. The van der Waals surface area contributed by atoms with E-state index in [2.05, 4.69) is 30.5 Å². The standard InChI is InChI=1S/C11H19N3/c1-4-12-6-9-5-10(9)11-7-14(3)13-8(11)2/h7,9-10,12H,4-6H2,1-3H3. The van der Waals surface area contributed by atoms with Crippen LogP contribution in [0.5, 0.6) is 0 Å². The maximum Gasteiger partial charge on any atom is 0.0628 e. The molecule has 1 saturated carbocycles. The van der Waals surface area contributed by atoms with Gasteiger partial charge in [0.25, 0.3) is 0 Å². The summed E-state index contributed by atoms with van der Waals surface area (Å²) in [5, 5.41) is 7.79. The van der Waals surface area contributed by atoms with E-state index in [0.29, 0.717) is 0 Å². The largest absolute Gasteiger partial charge is 0.317 e. The highest BCUT2D eigenvalue weighted by atomic mass is 15.2. The van der Waals surface area contributed by atoms with Crippen LogP contribution in [0.3, 0.4) is 0 Å². The Kier molecular flexibility index (Phi) is 2.59. The summed E-state index contributed by atoms with van der Waals surface area (Å²) in [4.78, 5) is 0. The molecule has 0 radical (unpaired) electrons. The van der Waals surface area contributed by atoms with Crippen LogP contribution in [0.1, 0.15) is 30.5 Å². The molecule has 14 heavy (non-hydrogen) atoms. The van der Waals surface area contributed by atoms with Crippen LogP contribution in [-0.2, 0) is 7.05 Å². The second-order valence-corrected chi connectivity index (χ2v) is 4.25. The maximum atomic E-state index is 4.38. The molecule has 0 aromatic carbocycles. The molecule has 2 rings (SSSR count). The summed E-state index contributed by atoms with van der Waals surface area (Å²) < 4.78 is 1.92. The lowest BCUT2D eigenvalue weighted by Crippen LogP contribution is -2.16. The van der Waals surface area contributed by atoms with E-state index in [1.54, 1.807) is 0 Å². The number of nitrogens with one attached hydrogen (secondary N) is 1. The summed E-state index contributed by atoms with van der Waals surface area (Å²) in [5.74, 6) is 1.61. The molecular weight excluding hydrogens is 174 g/mol. The molecule has 0 bridgehead atoms. The fraction of sp³-hybridized carbons (Fsp3) is 0.727. The van der Waals surface area contributed by atoms with Crippen LogP contribution < -0.4 is 5.32 Å². The normalized spacial score (nSPS) is 25.4. The Morgan fingerprint density at radius 1 is 1.64 bits per heavy atom. The van der Waals surface area contributed by atoms with Gasteiger partial charge in [-0.25, -0.2) is 0 Å². The van der Waals surface area contributed by atoms with Crippen molar-refractivity contribution in [2.45, 2.75) is 26.2 Å². The summed E-state index contributed by atoms with van der Waals surface area (Å²) in [6, 6.07) is 0. The average molecular weight is 193 g/mol. The van der Waals surface area contributed by atoms with E-state index in [9.17, 15) is 0 Å². The zero-order valence-corrected chi connectivity index (χ0v) is 9.25. The molecule has 1 aromatic rings. The first-order chi connectivity index (χ1) is 6.72. The number of aryl methyl sites for hydroxylation is 2. The molecule has 0 spiro atoms. The monoisotopic (exact) mass is 193 g/mol. The fourth-order valence-electron chi connectivity index (χ4n) is 2.17. The van der Waals surface area contributed by atoms with E-state index < -0.39 is 0 Å². The molecule has 3 nitrogen and oxygen atoms in total. The van der Waals surface area contributed by atoms with Crippen molar-refractivity contribution in [1.82, 2.24) is 15.1 Å². The van der Waals surface area contributed by atoms with Gasteiger partial charge in [0.2, 0.25) is 0 Å². The van der Waals surface area contributed by atoms with E-state index in [-0.39, 0.29) is 0 Å². The molecule has 2 atom stereocenters. The minimum Gasteiger partial charge on any atom is -0.317 e. The van der Waals surface area contributed by atoms with Crippen LogP contribution >= 0.6 is 0 Å². The smallest absolute Gasteiger partial charge is 0.0628 e. The van der Waals surface area contributed by atoms with Crippen LogP contribution in [0.2, 0.25) is 0 Å². The van der Waals surface area contributed by atoms with Crippen molar-refractivity contribution in [3.8, 4) is 0 Å². The highest BCUT2D eigenvalue weighted by Crippen LogP contribution is 2.47. The van der Waals surface area contributed by atoms with Gasteiger partial charge < -0.3 is 5.32 Å². The van der Waals surface area contributed by atoms with Gasteiger partial charge in [-0.3, -0.25) is 4.68 Å². The molecule has 0 saturated heterocycles. The topological polar surface area (TPSA) is 29.9 Å². The molecule has 78 valence electrons. The zero-order valence-electron chi connectivity index (χ0n) is 9.25. The Balaban J connectivity index is 1.95. The molecular formula is C11H19N3. The minimum absolute atomic E-state index is 0.766. The van der Waals surface area contributed by atoms with E-state index in [1.807, 2.05) is 11.7 Å². The third-order valence-corrected chi connectivity index (χ3v) is 3.03. The molecule has 1 aromatic heterocycles. The summed E-state index contributed by atoms with van der Waals surface area (Å²) in [5.41, 5.74) is 2.66. The van der Waals surface area contributed by atoms with Crippen molar-refractivity contribution >= 4 is 0 Å². The summed E-state index contributed by atoms with van der Waals surface area (Å²) in [7, 11) is 2.00. The lowest BCUT2D eigenvalue weighted by atomic mass is 10.1. The van der Waals surface area contributed by atoms with Gasteiger partial charge in [0.1, 0.15) is 0 Å². The fourth-order valence-corrected chi connectivity index (χ4v) is 2.17. The van der Waals surface area contributed by atoms with Gasteiger partial charge >= 0.3 is 0 Å². The average Bonchev–Trinajstić information content (AvgIpc) is 2.82. The van der Waals surface area contributed by atoms with Crippen LogP contribution in [0, 0.1) is 12.8 Å². The van der Waals surface area contributed by atoms with Crippen molar-refractivity contribution in [3.63, 3.8) is 0 Å². The molecule has 1 N–H and O–H groups in total. The Morgan fingerprint density at radius 2 is 2.43 bits per heavy atom. The summed E-state index contributed by atoms with van der Waals surface area (Å²) in [6.07, 6.45) is 3.51. The van der Waals surface area contributed by atoms with Crippen LogP contribution in [0.15, 0.2) is 6.20 Å². The van der Waals surface area contributed by atoms with Gasteiger partial charge in [-0.05, 0) is 43.8 Å². The zero-order chi connectivity index (χ0) is 10.1. The third-order valence-electron chi connectivity index (χ3n) is 3.03. The van der Waals surface area contributed by atoms with Crippen molar-refractivity contribution in [3.05, 3.63) is 17.5 Å². The van der Waals surface area contributed by atoms with Gasteiger partial charge in [0.05, 0.1) is 5.69 Å². The molecule has 2 unspecified atom stereocenters. The van der Waals surface area contributed by atoms with E-state index in [4.69, 9.17) is 0 Å². The highest BCUT2D eigenvalue weighted by Gasteiger charge is 2.39. The molecule has 1 fully saturated rings. The molecule has 1 aliphatic rings. The van der Waals surface area contributed by atoms with Crippen molar-refractivity contribution in [2.24, 2.45) is 13.0 Å². The van der Waals surface area contributed by atoms with Gasteiger partial charge in [-0.15, -0.1) is 0 Å². The van der Waals surface area contributed by atoms with Gasteiger partial charge in [0, 0.05) is 13.2 Å². The second-order valence-electron chi connectivity index (χ2n) is 4.25. The SMILES string of the molecule is CCNCC1CC1c1cn(C)nc1C. The molecule has 3 heteroatoms. The van der Waals surface area contributed by atoms with E-state index in [1.165, 1.54) is 17.7 Å². The van der Waals surface area contributed by atoms with Gasteiger partial charge in [0.15, 0.2) is 0 Å². The number of hydrogen-bond donors (Lipinski definition) is 1. The van der Waals surface area contributed by atoms with Crippen molar-refractivity contribution in [1.29, 1.82) is 0 Å². The quantitative estimate of drug-likeness (QED) is 0.784. The number of nitrogens with zero attached hydrogens (tertiary/aromatic N) is 2. The summed E-state index contributed by atoms with van der Waals surface area (Å²) in [6.45, 7) is 6.51. The van der Waals surface area contributed by atoms with E-state index in [0.717, 1.165) is 24.9 Å². The predicted molar refractivity (Wildman–Crippen MR) is 57.3 cm³/mol. The first kappa shape index (κ1) is 9.71. The van der Waals surface area contributed by atoms with E-state index >= 15 is 0 Å². The Morgan fingerprint density at radius 3 is 3.00 bits per heavy atom. The number of rotatable bonds is 4. The molecule has 1 aliphatic carbocycles. The van der Waals surface area contributed by atoms with Crippen LogP contribution in [0.4, 0.5) is 0 Å². The Labute approximate surface area is 85.5 Å². The predicted octanol–water partition coefficient (Wildman–Crippen LogP) is 1.44. The lowest BCUT2D eigenvalue weighted by Gasteiger charge is -1.99. The second kappa shape index (κ2) is 3.73. The van der Waals surface area contributed by atoms with Crippen molar-refractivity contribution in [2.75, 3.05) is 13.1 Å². The lowest BCUT2D eigenvalue weighted by molar-refractivity contribution is 0.648. The Hall–Kier alpha value is -0.830. The number of hydrogen-bond acceptors (Lipinski definition) is 2. The van der Waals surface area contributed by atoms with Crippen molar-refractivity contribution < 1.29 is 0 Å². The number of aromatic nitrogens is 2. The molecule has 0 amide bonds. The highest BCUT2D eigenvalue weighted by molar-refractivity contribution is 5.27. The minimum atomic E-state index is 0.766. The third kappa shape index (κ3) is 1.82. The summed E-state index contributed by atoms with van der Waals surface area (Å²) >= 11 is 0. The van der Waals surface area contributed by atoms with Gasteiger partial charge in [-0.1, -0.05) is 6.92 Å².